The normalized spacial score (nSPS) is 15.2. The van der Waals surface area contributed by atoms with E-state index in [1.807, 2.05) is 5.38 Å². The van der Waals surface area contributed by atoms with Crippen LogP contribution in [0.5, 0.6) is 0 Å². The Morgan fingerprint density at radius 3 is 2.55 bits per heavy atom. The number of carbonyl (C=O) groups excluding carboxylic acids is 2. The third kappa shape index (κ3) is 7.36. The lowest BCUT2D eigenvalue weighted by atomic mass is 9.91. The van der Waals surface area contributed by atoms with Gasteiger partial charge in [0, 0.05) is 24.4 Å². The largest absolute Gasteiger partial charge is 0.350 e. The number of thioether (sulfide) groups is 1. The summed E-state index contributed by atoms with van der Waals surface area (Å²) >= 11 is 3.05. The number of amides is 2. The molecule has 2 amide bonds. The molecule has 1 atom stereocenters. The number of nitro benzene ring substituents is 1. The first-order valence-electron chi connectivity index (χ1n) is 10.5. The van der Waals surface area contributed by atoms with Gasteiger partial charge in [0.05, 0.1) is 9.80 Å². The molecule has 3 rings (SSSR count). The number of nitro groups is 1. The van der Waals surface area contributed by atoms with Gasteiger partial charge in [0.15, 0.2) is 0 Å². The first-order valence-corrected chi connectivity index (χ1v) is 12.5. The molecule has 0 aliphatic heterocycles. The third-order valence-corrected chi connectivity index (χ3v) is 7.49. The molecule has 0 bridgehead atoms. The van der Waals surface area contributed by atoms with Crippen LogP contribution in [0.1, 0.15) is 47.3 Å². The second kappa shape index (κ2) is 11.9. The number of nitrogens with one attached hydrogen (secondary N) is 2. The molecule has 1 aromatic heterocycles. The highest BCUT2D eigenvalue weighted by Gasteiger charge is 2.23. The van der Waals surface area contributed by atoms with Gasteiger partial charge in [0.1, 0.15) is 6.04 Å². The number of carbonyl (C=O) groups is 2. The van der Waals surface area contributed by atoms with E-state index >= 15 is 0 Å². The summed E-state index contributed by atoms with van der Waals surface area (Å²) in [5, 5.41) is 18.3. The van der Waals surface area contributed by atoms with E-state index in [2.05, 4.69) is 10.6 Å². The maximum absolute atomic E-state index is 12.8. The van der Waals surface area contributed by atoms with Gasteiger partial charge in [0.2, 0.25) is 5.91 Å². The van der Waals surface area contributed by atoms with Gasteiger partial charge < -0.3 is 10.6 Å². The Labute approximate surface area is 190 Å². The SMILES string of the molecule is O=C(NC(CSCC1CCCCC1)C(=O)NCc1ccc([N+](=O)[O-])cc1)c1cccs1. The van der Waals surface area contributed by atoms with Crippen molar-refractivity contribution in [3.05, 3.63) is 62.3 Å². The number of benzene rings is 1. The fourth-order valence-corrected chi connectivity index (χ4v) is 5.47. The van der Waals surface area contributed by atoms with Gasteiger partial charge >= 0.3 is 0 Å². The minimum atomic E-state index is -0.638. The molecule has 0 spiro atoms. The standard InChI is InChI=1S/C22H27N3O4S2/c26-21(23-13-16-8-10-18(11-9-16)25(28)29)19(24-22(27)20-7-4-12-31-20)15-30-14-17-5-2-1-3-6-17/h4,7-12,17,19H,1-3,5-6,13-15H2,(H,23,26)(H,24,27). The van der Waals surface area contributed by atoms with Crippen molar-refractivity contribution in [2.75, 3.05) is 11.5 Å². The summed E-state index contributed by atoms with van der Waals surface area (Å²) in [6, 6.07) is 8.98. The molecule has 0 saturated heterocycles. The van der Waals surface area contributed by atoms with Crippen molar-refractivity contribution in [3.63, 3.8) is 0 Å². The molecule has 2 aromatic rings. The molecule has 1 aliphatic carbocycles. The lowest BCUT2D eigenvalue weighted by Crippen LogP contribution is -2.48. The summed E-state index contributed by atoms with van der Waals surface area (Å²) in [7, 11) is 0. The van der Waals surface area contributed by atoms with Gasteiger partial charge in [-0.25, -0.2) is 0 Å². The van der Waals surface area contributed by atoms with Crippen LogP contribution < -0.4 is 10.6 Å². The van der Waals surface area contributed by atoms with Crippen molar-refractivity contribution >= 4 is 40.6 Å². The van der Waals surface area contributed by atoms with Gasteiger partial charge in [-0.3, -0.25) is 19.7 Å². The quantitative estimate of drug-likeness (QED) is 0.404. The number of hydrogen-bond donors (Lipinski definition) is 2. The molecule has 7 nitrogen and oxygen atoms in total. The summed E-state index contributed by atoms with van der Waals surface area (Å²) in [5.74, 6) is 1.71. The minimum Gasteiger partial charge on any atom is -0.350 e. The Bertz CT molecular complexity index is 865. The van der Waals surface area contributed by atoms with Crippen LogP contribution in [0.3, 0.4) is 0 Å². The van der Waals surface area contributed by atoms with E-state index in [4.69, 9.17) is 0 Å². The monoisotopic (exact) mass is 461 g/mol. The summed E-state index contributed by atoms with van der Waals surface area (Å²) in [5.41, 5.74) is 0.771. The fraction of sp³-hybridized carbons (Fsp3) is 0.455. The first-order chi connectivity index (χ1) is 15.0. The molecule has 1 saturated carbocycles. The van der Waals surface area contributed by atoms with Gasteiger partial charge in [-0.15, -0.1) is 11.3 Å². The van der Waals surface area contributed by atoms with Crippen molar-refractivity contribution in [1.82, 2.24) is 10.6 Å². The van der Waals surface area contributed by atoms with Crippen LogP contribution in [-0.4, -0.2) is 34.3 Å². The maximum atomic E-state index is 12.8. The summed E-state index contributed by atoms with van der Waals surface area (Å²) < 4.78 is 0. The van der Waals surface area contributed by atoms with Gasteiger partial charge in [-0.05, 0) is 41.5 Å². The van der Waals surface area contributed by atoms with Crippen LogP contribution >= 0.6 is 23.1 Å². The zero-order chi connectivity index (χ0) is 22.1. The molecule has 1 aliphatic rings. The van der Waals surface area contributed by atoms with Crippen LogP contribution in [0, 0.1) is 16.0 Å². The average Bonchev–Trinajstić information content (AvgIpc) is 3.33. The Hall–Kier alpha value is -2.39. The molecule has 166 valence electrons. The van der Waals surface area contributed by atoms with Crippen molar-refractivity contribution in [2.24, 2.45) is 5.92 Å². The van der Waals surface area contributed by atoms with Crippen molar-refractivity contribution in [1.29, 1.82) is 0 Å². The molecule has 31 heavy (non-hydrogen) atoms. The minimum absolute atomic E-state index is 0.00952. The molecule has 2 N–H and O–H groups in total. The predicted octanol–water partition coefficient (Wildman–Crippen LogP) is 4.38. The highest BCUT2D eigenvalue weighted by atomic mass is 32.2. The summed E-state index contributed by atoms with van der Waals surface area (Å²) in [6.45, 7) is 0.246. The van der Waals surface area contributed by atoms with Crippen LogP contribution in [0.25, 0.3) is 0 Å². The number of hydrogen-bond acceptors (Lipinski definition) is 6. The number of nitrogens with zero attached hydrogens (tertiary/aromatic N) is 1. The Morgan fingerprint density at radius 1 is 1.16 bits per heavy atom. The molecule has 1 heterocycles. The van der Waals surface area contributed by atoms with Crippen molar-refractivity contribution in [3.8, 4) is 0 Å². The van der Waals surface area contributed by atoms with Crippen molar-refractivity contribution < 1.29 is 14.5 Å². The van der Waals surface area contributed by atoms with E-state index in [1.165, 1.54) is 55.6 Å². The molecule has 9 heteroatoms. The molecule has 0 radical (unpaired) electrons. The lowest BCUT2D eigenvalue weighted by Gasteiger charge is -2.23. The van der Waals surface area contributed by atoms with Crippen LogP contribution in [0.2, 0.25) is 0 Å². The van der Waals surface area contributed by atoms with Gasteiger partial charge in [0.25, 0.3) is 11.6 Å². The topological polar surface area (TPSA) is 101 Å². The number of non-ortho nitro benzene ring substituents is 1. The zero-order valence-electron chi connectivity index (χ0n) is 17.2. The number of rotatable bonds is 10. The second-order valence-corrected chi connectivity index (χ2v) is 9.71. The lowest BCUT2D eigenvalue weighted by molar-refractivity contribution is -0.384. The van der Waals surface area contributed by atoms with Crippen LogP contribution in [-0.2, 0) is 11.3 Å². The smallest absolute Gasteiger partial charge is 0.269 e. The van der Waals surface area contributed by atoms with Gasteiger partial charge in [-0.1, -0.05) is 37.5 Å². The molecule has 1 unspecified atom stereocenters. The summed E-state index contributed by atoms with van der Waals surface area (Å²) in [4.78, 5) is 36.2. The molecule has 1 aromatic carbocycles. The zero-order valence-corrected chi connectivity index (χ0v) is 18.9. The second-order valence-electron chi connectivity index (χ2n) is 7.69. The third-order valence-electron chi connectivity index (χ3n) is 5.34. The number of thiophene rings is 1. The summed E-state index contributed by atoms with van der Waals surface area (Å²) in [6.07, 6.45) is 6.35. The van der Waals surface area contributed by atoms with E-state index in [0.29, 0.717) is 16.5 Å². The average molecular weight is 462 g/mol. The fourth-order valence-electron chi connectivity index (χ4n) is 3.57. The van der Waals surface area contributed by atoms with E-state index in [9.17, 15) is 19.7 Å². The Kier molecular flexibility index (Phi) is 8.90. The molecular weight excluding hydrogens is 434 g/mol. The molecular formula is C22H27N3O4S2. The van der Waals surface area contributed by atoms with E-state index in [1.54, 1.807) is 36.0 Å². The van der Waals surface area contributed by atoms with Gasteiger partial charge in [-0.2, -0.15) is 11.8 Å². The highest BCUT2D eigenvalue weighted by molar-refractivity contribution is 7.99. The Balaban J connectivity index is 1.55. The highest BCUT2D eigenvalue weighted by Crippen LogP contribution is 2.27. The van der Waals surface area contributed by atoms with E-state index in [0.717, 1.165) is 11.3 Å². The van der Waals surface area contributed by atoms with Crippen molar-refractivity contribution in [2.45, 2.75) is 44.7 Å². The Morgan fingerprint density at radius 2 is 1.90 bits per heavy atom. The van der Waals surface area contributed by atoms with E-state index < -0.39 is 11.0 Å². The first kappa shape index (κ1) is 23.3. The maximum Gasteiger partial charge on any atom is 0.269 e. The molecule has 1 fully saturated rings. The van der Waals surface area contributed by atoms with E-state index in [-0.39, 0.29) is 24.0 Å². The van der Waals surface area contributed by atoms with Crippen LogP contribution in [0.4, 0.5) is 5.69 Å². The van der Waals surface area contributed by atoms with Crippen LogP contribution in [0.15, 0.2) is 41.8 Å². The predicted molar refractivity (Wildman–Crippen MR) is 124 cm³/mol.